The van der Waals surface area contributed by atoms with Gasteiger partial charge in [0, 0.05) is 24.4 Å². The van der Waals surface area contributed by atoms with Crippen molar-refractivity contribution in [3.05, 3.63) is 41.5 Å². The standard InChI is InChI=1S/C22H25N2O2/c1-24-8-7-22-15-4-2-3-5-16(15)23-19(25)11-17-20(21(22)23)14(10-18(22)24)13(12-24)6-9-26-17/h2-6,14,17-18,20-21H,7-12H2,1H3/q+1/t14-,17-,18+,20+,21-,22+,24-/m0/s1. The van der Waals surface area contributed by atoms with Crippen LogP contribution in [-0.4, -0.2) is 55.3 Å². The van der Waals surface area contributed by atoms with E-state index in [1.807, 2.05) is 0 Å². The van der Waals surface area contributed by atoms with Crippen LogP contribution >= 0.6 is 0 Å². The molecule has 26 heavy (non-hydrogen) atoms. The third kappa shape index (κ3) is 1.34. The number of carbonyl (C=O) groups excluding carboxylic acids is 1. The molecule has 0 N–H and O–H groups in total. The zero-order chi connectivity index (χ0) is 17.3. The zero-order valence-electron chi connectivity index (χ0n) is 15.2. The molecule has 4 fully saturated rings. The Labute approximate surface area is 154 Å². The zero-order valence-corrected chi connectivity index (χ0v) is 15.2. The van der Waals surface area contributed by atoms with Crippen molar-refractivity contribution in [1.82, 2.24) is 0 Å². The van der Waals surface area contributed by atoms with E-state index in [1.54, 1.807) is 5.57 Å². The molecule has 1 saturated carbocycles. The first-order valence-electron chi connectivity index (χ1n) is 10.2. The molecular weight excluding hydrogens is 324 g/mol. The summed E-state index contributed by atoms with van der Waals surface area (Å²) in [5, 5.41) is 0. The number of nitrogens with zero attached hydrogens (tertiary/aromatic N) is 2. The van der Waals surface area contributed by atoms with Gasteiger partial charge in [0.2, 0.25) is 5.91 Å². The molecule has 1 aromatic rings. The molecule has 6 aliphatic rings. The molecule has 4 nitrogen and oxygen atoms in total. The summed E-state index contributed by atoms with van der Waals surface area (Å²) in [6.45, 7) is 3.12. The summed E-state index contributed by atoms with van der Waals surface area (Å²) >= 11 is 0. The van der Waals surface area contributed by atoms with Crippen LogP contribution in [0.15, 0.2) is 35.9 Å². The molecule has 7 atom stereocenters. The maximum absolute atomic E-state index is 13.3. The molecule has 134 valence electrons. The average molecular weight is 349 g/mol. The molecule has 4 heteroatoms. The van der Waals surface area contributed by atoms with Crippen molar-refractivity contribution in [2.45, 2.75) is 42.9 Å². The third-order valence-corrected chi connectivity index (χ3v) is 8.91. The van der Waals surface area contributed by atoms with Gasteiger partial charge in [0.1, 0.15) is 12.6 Å². The maximum Gasteiger partial charge on any atom is 0.229 e. The molecule has 0 aromatic heterocycles. The van der Waals surface area contributed by atoms with E-state index >= 15 is 0 Å². The van der Waals surface area contributed by atoms with Crippen molar-refractivity contribution in [3.8, 4) is 0 Å². The second-order valence-corrected chi connectivity index (χ2v) is 9.67. The lowest BCUT2D eigenvalue weighted by Gasteiger charge is -2.59. The van der Waals surface area contributed by atoms with Crippen LogP contribution in [-0.2, 0) is 14.9 Å². The number of carbonyl (C=O) groups is 1. The highest BCUT2D eigenvalue weighted by Gasteiger charge is 2.75. The molecule has 3 saturated heterocycles. The smallest absolute Gasteiger partial charge is 0.229 e. The van der Waals surface area contributed by atoms with E-state index in [0.717, 1.165) is 4.48 Å². The Morgan fingerprint density at radius 3 is 3.12 bits per heavy atom. The Kier molecular flexibility index (Phi) is 2.36. The lowest BCUT2D eigenvalue weighted by Crippen LogP contribution is -2.72. The molecule has 1 aliphatic carbocycles. The lowest BCUT2D eigenvalue weighted by molar-refractivity contribution is -0.925. The van der Waals surface area contributed by atoms with Gasteiger partial charge in [-0.3, -0.25) is 4.79 Å². The van der Waals surface area contributed by atoms with Gasteiger partial charge in [-0.25, -0.2) is 0 Å². The van der Waals surface area contributed by atoms with Crippen LogP contribution < -0.4 is 4.90 Å². The van der Waals surface area contributed by atoms with Crippen molar-refractivity contribution in [2.24, 2.45) is 11.8 Å². The van der Waals surface area contributed by atoms with Crippen LogP contribution in [0.2, 0.25) is 0 Å². The van der Waals surface area contributed by atoms with E-state index in [2.05, 4.69) is 42.3 Å². The van der Waals surface area contributed by atoms with E-state index in [9.17, 15) is 4.79 Å². The molecular formula is C22H25N2O2+. The summed E-state index contributed by atoms with van der Waals surface area (Å²) in [6, 6.07) is 9.76. The maximum atomic E-state index is 13.3. The predicted molar refractivity (Wildman–Crippen MR) is 97.8 cm³/mol. The van der Waals surface area contributed by atoms with Crippen LogP contribution in [0.3, 0.4) is 0 Å². The van der Waals surface area contributed by atoms with E-state index in [-0.39, 0.29) is 17.4 Å². The topological polar surface area (TPSA) is 29.5 Å². The first-order valence-corrected chi connectivity index (χ1v) is 10.2. The van der Waals surface area contributed by atoms with Gasteiger partial charge in [-0.05, 0) is 23.1 Å². The minimum atomic E-state index is 0.104. The van der Waals surface area contributed by atoms with Crippen molar-refractivity contribution in [3.63, 3.8) is 0 Å². The van der Waals surface area contributed by atoms with Gasteiger partial charge < -0.3 is 14.1 Å². The normalized spacial score (nSPS) is 49.6. The molecule has 5 heterocycles. The van der Waals surface area contributed by atoms with Gasteiger partial charge in [-0.1, -0.05) is 24.3 Å². The van der Waals surface area contributed by atoms with Gasteiger partial charge in [-0.15, -0.1) is 0 Å². The second-order valence-electron chi connectivity index (χ2n) is 9.67. The summed E-state index contributed by atoms with van der Waals surface area (Å²) in [5.74, 6) is 1.36. The highest BCUT2D eigenvalue weighted by molar-refractivity contribution is 5.99. The summed E-state index contributed by atoms with van der Waals surface area (Å²) in [4.78, 5) is 15.5. The first kappa shape index (κ1) is 14.4. The highest BCUT2D eigenvalue weighted by Crippen LogP contribution is 2.67. The van der Waals surface area contributed by atoms with Crippen molar-refractivity contribution >= 4 is 11.6 Å². The first-order chi connectivity index (χ1) is 12.6. The number of rotatable bonds is 0. The molecule has 1 amide bonds. The Morgan fingerprint density at radius 1 is 1.31 bits per heavy atom. The quantitative estimate of drug-likeness (QED) is 0.531. The number of ether oxygens (including phenoxy) is 1. The monoisotopic (exact) mass is 349 g/mol. The fourth-order valence-corrected chi connectivity index (χ4v) is 8.14. The predicted octanol–water partition coefficient (Wildman–Crippen LogP) is 2.24. The van der Waals surface area contributed by atoms with Crippen LogP contribution in [0.5, 0.6) is 0 Å². The van der Waals surface area contributed by atoms with E-state index < -0.39 is 0 Å². The number of hydrogen-bond donors (Lipinski definition) is 0. The molecule has 0 radical (unpaired) electrons. The number of quaternary nitrogens is 1. The molecule has 0 unspecified atom stereocenters. The van der Waals surface area contributed by atoms with Gasteiger partial charge in [0.15, 0.2) is 0 Å². The summed E-state index contributed by atoms with van der Waals surface area (Å²) in [7, 11) is 2.47. The number of benzene rings is 1. The Hall–Kier alpha value is -1.65. The van der Waals surface area contributed by atoms with Gasteiger partial charge in [0.25, 0.3) is 0 Å². The fourth-order valence-electron chi connectivity index (χ4n) is 8.14. The largest absolute Gasteiger partial charge is 0.373 e. The molecule has 1 aromatic carbocycles. The van der Waals surface area contributed by atoms with Gasteiger partial charge in [0.05, 0.1) is 44.2 Å². The minimum absolute atomic E-state index is 0.104. The summed E-state index contributed by atoms with van der Waals surface area (Å²) in [6.07, 6.45) is 5.51. The van der Waals surface area contributed by atoms with Crippen molar-refractivity contribution < 1.29 is 14.0 Å². The number of amides is 1. The SMILES string of the molecule is C[N@+]12CC[C@@]34c5ccccc5N5C(=O)C[C@@H]6OCC=C(C1)[C@H](C[C@H]32)[C@H]6[C@H]54. The molecule has 5 aliphatic heterocycles. The molecule has 2 bridgehead atoms. The minimum Gasteiger partial charge on any atom is -0.373 e. The van der Waals surface area contributed by atoms with Gasteiger partial charge >= 0.3 is 0 Å². The summed E-state index contributed by atoms with van der Waals surface area (Å²) < 4.78 is 7.45. The number of fused-ring (bicyclic) bond motifs is 2. The molecule has 7 rings (SSSR count). The van der Waals surface area contributed by atoms with Crippen LogP contribution in [0.25, 0.3) is 0 Å². The second kappa shape index (κ2) is 4.26. The van der Waals surface area contributed by atoms with Gasteiger partial charge in [-0.2, -0.15) is 0 Å². The van der Waals surface area contributed by atoms with Crippen LogP contribution in [0, 0.1) is 11.8 Å². The number of likely N-dealkylation sites (N-methyl/N-ethyl adjacent to an activating group) is 1. The number of para-hydroxylation sites is 1. The van der Waals surface area contributed by atoms with Crippen LogP contribution in [0.4, 0.5) is 5.69 Å². The van der Waals surface area contributed by atoms with Crippen molar-refractivity contribution in [2.75, 3.05) is 31.6 Å². The van der Waals surface area contributed by atoms with E-state index in [1.165, 1.54) is 37.2 Å². The summed E-state index contributed by atoms with van der Waals surface area (Å²) in [5.41, 5.74) is 4.43. The Bertz CT molecular complexity index is 894. The number of hydrogen-bond acceptors (Lipinski definition) is 2. The Morgan fingerprint density at radius 2 is 2.19 bits per heavy atom. The Balaban J connectivity index is 1.56. The third-order valence-electron chi connectivity index (χ3n) is 8.91. The highest BCUT2D eigenvalue weighted by atomic mass is 16.5. The lowest BCUT2D eigenvalue weighted by atomic mass is 9.53. The molecule has 1 spiro atoms. The van der Waals surface area contributed by atoms with Crippen molar-refractivity contribution in [1.29, 1.82) is 0 Å². The van der Waals surface area contributed by atoms with Crippen LogP contribution in [0.1, 0.15) is 24.8 Å². The number of piperidine rings is 2. The van der Waals surface area contributed by atoms with E-state index in [4.69, 9.17) is 4.74 Å². The van der Waals surface area contributed by atoms with E-state index in [0.29, 0.717) is 36.9 Å². The average Bonchev–Trinajstić information content (AvgIpc) is 3.05. The fraction of sp³-hybridized carbons (Fsp3) is 0.591. The number of anilines is 1.